The monoisotopic (exact) mass is 191 g/mol. The Balaban J connectivity index is 2.30. The quantitative estimate of drug-likeness (QED) is 0.573. The average Bonchev–Trinajstić information content (AvgIpc) is 2.14. The highest BCUT2D eigenvalue weighted by Gasteiger charge is 2.21. The minimum absolute atomic E-state index is 0.729. The number of rotatable bonds is 1. The van der Waals surface area contributed by atoms with E-state index < -0.39 is 0 Å². The van der Waals surface area contributed by atoms with E-state index in [-0.39, 0.29) is 0 Å². The fraction of sp³-hybridized carbons (Fsp3) is 1.00. The van der Waals surface area contributed by atoms with Crippen LogP contribution in [-0.4, -0.2) is 28.9 Å². The predicted octanol–water partition coefficient (Wildman–Crippen LogP) is 1.86. The zero-order valence-electron chi connectivity index (χ0n) is 6.10. The third-order valence-corrected chi connectivity index (χ3v) is 2.64. The second-order valence-corrected chi connectivity index (χ2v) is 4.27. The lowest BCUT2D eigenvalue weighted by Gasteiger charge is -2.18. The summed E-state index contributed by atoms with van der Waals surface area (Å²) in [5, 5.41) is 0. The highest BCUT2D eigenvalue weighted by Crippen LogP contribution is 2.17. The molecule has 1 atom stereocenters. The molecule has 1 aliphatic rings. The van der Waals surface area contributed by atoms with Crippen molar-refractivity contribution in [1.29, 1.82) is 0 Å². The molecule has 1 rings (SSSR count). The van der Waals surface area contributed by atoms with E-state index in [1.807, 2.05) is 0 Å². The fourth-order valence-electron chi connectivity index (χ4n) is 1.21. The summed E-state index contributed by atoms with van der Waals surface area (Å²) in [5.41, 5.74) is 0. The molecule has 0 radical (unpaired) electrons. The van der Waals surface area contributed by atoms with Crippen LogP contribution >= 0.6 is 15.9 Å². The summed E-state index contributed by atoms with van der Waals surface area (Å²) < 4.78 is 0. The molecule has 1 unspecified atom stereocenters. The first-order valence-electron chi connectivity index (χ1n) is 3.58. The Morgan fingerprint density at radius 1 is 1.56 bits per heavy atom. The number of hydrogen-bond acceptors (Lipinski definition) is 1. The van der Waals surface area contributed by atoms with Crippen LogP contribution in [0.25, 0.3) is 0 Å². The van der Waals surface area contributed by atoms with Crippen LogP contribution in [-0.2, 0) is 0 Å². The first-order valence-corrected chi connectivity index (χ1v) is 4.50. The Morgan fingerprint density at radius 3 is 2.44 bits per heavy atom. The van der Waals surface area contributed by atoms with Crippen LogP contribution in [0.5, 0.6) is 0 Å². The number of likely N-dealkylation sites (tertiary alicyclic amines) is 1. The molecule has 0 amide bonds. The van der Waals surface area contributed by atoms with Gasteiger partial charge in [0.2, 0.25) is 0 Å². The minimum Gasteiger partial charge on any atom is -0.300 e. The zero-order valence-corrected chi connectivity index (χ0v) is 7.69. The van der Waals surface area contributed by atoms with Gasteiger partial charge in [0.1, 0.15) is 0 Å². The van der Waals surface area contributed by atoms with Gasteiger partial charge in [0.15, 0.2) is 0 Å². The topological polar surface area (TPSA) is 3.24 Å². The molecule has 54 valence electrons. The van der Waals surface area contributed by atoms with Crippen LogP contribution in [0.15, 0.2) is 0 Å². The Hall–Kier alpha value is 0.440. The van der Waals surface area contributed by atoms with Gasteiger partial charge >= 0.3 is 0 Å². The first-order chi connectivity index (χ1) is 4.20. The lowest BCUT2D eigenvalue weighted by atomic mass is 10.3. The minimum atomic E-state index is 0.729. The van der Waals surface area contributed by atoms with E-state index in [1.54, 1.807) is 0 Å². The van der Waals surface area contributed by atoms with Crippen molar-refractivity contribution in [3.8, 4) is 0 Å². The van der Waals surface area contributed by atoms with E-state index in [1.165, 1.54) is 19.5 Å². The fourth-order valence-corrected chi connectivity index (χ4v) is 1.79. The van der Waals surface area contributed by atoms with Crippen LogP contribution in [0.1, 0.15) is 20.3 Å². The SMILES string of the molecule is CC(C)N1CCC(Br)C1. The number of hydrogen-bond donors (Lipinski definition) is 0. The van der Waals surface area contributed by atoms with Gasteiger partial charge in [-0.1, -0.05) is 15.9 Å². The Bertz CT molecular complexity index is 92.9. The normalized spacial score (nSPS) is 30.0. The Kier molecular flexibility index (Phi) is 2.53. The van der Waals surface area contributed by atoms with Gasteiger partial charge < -0.3 is 0 Å². The van der Waals surface area contributed by atoms with Crippen LogP contribution in [0.3, 0.4) is 0 Å². The molecule has 0 bridgehead atoms. The molecule has 9 heavy (non-hydrogen) atoms. The van der Waals surface area contributed by atoms with Crippen LogP contribution in [0.2, 0.25) is 0 Å². The van der Waals surface area contributed by atoms with E-state index in [9.17, 15) is 0 Å². The van der Waals surface area contributed by atoms with Gasteiger partial charge in [0, 0.05) is 17.4 Å². The highest BCUT2D eigenvalue weighted by molar-refractivity contribution is 9.09. The summed E-state index contributed by atoms with van der Waals surface area (Å²) in [4.78, 5) is 3.25. The van der Waals surface area contributed by atoms with E-state index >= 15 is 0 Å². The van der Waals surface area contributed by atoms with Gasteiger partial charge in [-0.15, -0.1) is 0 Å². The second-order valence-electron chi connectivity index (χ2n) is 2.97. The molecule has 0 saturated carbocycles. The van der Waals surface area contributed by atoms with Crippen molar-refractivity contribution in [2.24, 2.45) is 0 Å². The molecule has 2 heteroatoms. The Morgan fingerprint density at radius 2 is 2.22 bits per heavy atom. The number of halogens is 1. The zero-order chi connectivity index (χ0) is 6.85. The number of alkyl halides is 1. The van der Waals surface area contributed by atoms with Crippen molar-refractivity contribution in [3.63, 3.8) is 0 Å². The molecule has 0 aliphatic carbocycles. The summed E-state index contributed by atoms with van der Waals surface area (Å²) in [6.07, 6.45) is 1.32. The van der Waals surface area contributed by atoms with Gasteiger partial charge in [-0.05, 0) is 26.8 Å². The third kappa shape index (κ3) is 1.94. The van der Waals surface area contributed by atoms with Crippen LogP contribution < -0.4 is 0 Å². The van der Waals surface area contributed by atoms with Gasteiger partial charge in [-0.25, -0.2) is 0 Å². The molecule has 0 aromatic rings. The maximum absolute atomic E-state index is 3.61. The molecule has 1 aliphatic heterocycles. The number of nitrogens with zero attached hydrogens (tertiary/aromatic N) is 1. The van der Waals surface area contributed by atoms with Crippen LogP contribution in [0.4, 0.5) is 0 Å². The summed E-state index contributed by atoms with van der Waals surface area (Å²) in [7, 11) is 0. The van der Waals surface area contributed by atoms with Crippen molar-refractivity contribution < 1.29 is 0 Å². The summed E-state index contributed by atoms with van der Waals surface area (Å²) in [6, 6.07) is 0.729. The summed E-state index contributed by atoms with van der Waals surface area (Å²) in [5.74, 6) is 0. The van der Waals surface area contributed by atoms with Crippen molar-refractivity contribution in [1.82, 2.24) is 4.90 Å². The van der Waals surface area contributed by atoms with Gasteiger partial charge in [0.05, 0.1) is 0 Å². The summed E-state index contributed by atoms with van der Waals surface area (Å²) in [6.45, 7) is 7.02. The standard InChI is InChI=1S/C7H14BrN/c1-6(2)9-4-3-7(8)5-9/h6-7H,3-5H2,1-2H3. The van der Waals surface area contributed by atoms with Gasteiger partial charge in [-0.2, -0.15) is 0 Å². The Labute approximate surface area is 65.6 Å². The largest absolute Gasteiger partial charge is 0.300 e. The van der Waals surface area contributed by atoms with Gasteiger partial charge in [0.25, 0.3) is 0 Å². The summed E-state index contributed by atoms with van der Waals surface area (Å²) >= 11 is 3.61. The van der Waals surface area contributed by atoms with E-state index in [2.05, 4.69) is 34.7 Å². The van der Waals surface area contributed by atoms with E-state index in [0.717, 1.165) is 10.9 Å². The first kappa shape index (κ1) is 7.55. The lowest BCUT2D eigenvalue weighted by Crippen LogP contribution is -2.28. The molecular weight excluding hydrogens is 178 g/mol. The lowest BCUT2D eigenvalue weighted by molar-refractivity contribution is 0.277. The highest BCUT2D eigenvalue weighted by atomic mass is 79.9. The molecule has 1 saturated heterocycles. The maximum atomic E-state index is 3.61. The average molecular weight is 192 g/mol. The van der Waals surface area contributed by atoms with Crippen LogP contribution in [0, 0.1) is 0 Å². The molecule has 0 aromatic heterocycles. The molecule has 1 fully saturated rings. The molecule has 0 aromatic carbocycles. The molecular formula is C7H14BrN. The van der Waals surface area contributed by atoms with E-state index in [4.69, 9.17) is 0 Å². The maximum Gasteiger partial charge on any atom is 0.0285 e. The third-order valence-electron chi connectivity index (χ3n) is 1.89. The molecule has 1 nitrogen and oxygen atoms in total. The van der Waals surface area contributed by atoms with Crippen molar-refractivity contribution in [2.75, 3.05) is 13.1 Å². The van der Waals surface area contributed by atoms with E-state index in [0.29, 0.717) is 0 Å². The van der Waals surface area contributed by atoms with Gasteiger partial charge in [-0.3, -0.25) is 4.90 Å². The molecule has 0 N–H and O–H groups in total. The van der Waals surface area contributed by atoms with Crippen molar-refractivity contribution >= 4 is 15.9 Å². The second kappa shape index (κ2) is 3.02. The van der Waals surface area contributed by atoms with Crippen molar-refractivity contribution in [3.05, 3.63) is 0 Å². The smallest absolute Gasteiger partial charge is 0.0285 e. The molecule has 0 spiro atoms. The molecule has 1 heterocycles. The predicted molar refractivity (Wildman–Crippen MR) is 44.0 cm³/mol. The van der Waals surface area contributed by atoms with Crippen molar-refractivity contribution in [2.45, 2.75) is 31.1 Å².